The summed E-state index contributed by atoms with van der Waals surface area (Å²) in [5.41, 5.74) is 2.68. The largest absolute Gasteiger partial charge is 0.330 e. The van der Waals surface area contributed by atoms with E-state index in [-0.39, 0.29) is 0 Å². The molecule has 0 radical (unpaired) electrons. The van der Waals surface area contributed by atoms with Crippen LogP contribution in [0.5, 0.6) is 0 Å². The summed E-state index contributed by atoms with van der Waals surface area (Å²) in [6.45, 7) is 3.35. The zero-order chi connectivity index (χ0) is 15.5. The van der Waals surface area contributed by atoms with Crippen LogP contribution in [0.25, 0.3) is 0 Å². The van der Waals surface area contributed by atoms with Gasteiger partial charge in [-0.3, -0.25) is 10.00 Å². The summed E-state index contributed by atoms with van der Waals surface area (Å²) in [7, 11) is 0. The number of rotatable bonds is 4. The van der Waals surface area contributed by atoms with Gasteiger partial charge >= 0.3 is 0 Å². The average Bonchev–Trinajstić information content (AvgIpc) is 3.28. The first-order chi connectivity index (χ1) is 11.4. The molecular formula is C18H27N5. The van der Waals surface area contributed by atoms with Gasteiger partial charge in [0.25, 0.3) is 0 Å². The SMILES string of the molecule is c1cc([C@@H]2CCCN(Cc3cncn3C3CCCCC3)C2)[nH]n1. The normalized spacial score (nSPS) is 24.1. The number of hydrogen-bond donors (Lipinski definition) is 1. The lowest BCUT2D eigenvalue weighted by molar-refractivity contribution is 0.191. The minimum absolute atomic E-state index is 0.595. The lowest BCUT2D eigenvalue weighted by Gasteiger charge is -2.33. The molecule has 1 N–H and O–H groups in total. The third kappa shape index (κ3) is 3.34. The monoisotopic (exact) mass is 313 g/mol. The first-order valence-corrected chi connectivity index (χ1v) is 9.12. The maximum Gasteiger partial charge on any atom is 0.0951 e. The quantitative estimate of drug-likeness (QED) is 0.940. The summed E-state index contributed by atoms with van der Waals surface area (Å²) in [6, 6.07) is 2.80. The highest BCUT2D eigenvalue weighted by Crippen LogP contribution is 2.30. The standard InChI is InChI=1S/C18H27N5/c1-2-6-16(7-3-1)23-14-19-11-17(23)13-22-10-4-5-15(12-22)18-8-9-20-21-18/h8-9,11,14-16H,1-7,10,12-13H2,(H,20,21)/t15-/m1/s1. The van der Waals surface area contributed by atoms with E-state index in [2.05, 4.69) is 43.2 Å². The van der Waals surface area contributed by atoms with Crippen molar-refractivity contribution in [2.75, 3.05) is 13.1 Å². The summed E-state index contributed by atoms with van der Waals surface area (Å²) in [4.78, 5) is 7.04. The third-order valence-electron chi connectivity index (χ3n) is 5.57. The molecule has 2 aromatic heterocycles. The smallest absolute Gasteiger partial charge is 0.0951 e. The zero-order valence-electron chi connectivity index (χ0n) is 13.8. The average molecular weight is 313 g/mol. The molecule has 2 aliphatic rings. The van der Waals surface area contributed by atoms with Gasteiger partial charge in [-0.25, -0.2) is 4.98 Å². The van der Waals surface area contributed by atoms with Crippen molar-refractivity contribution in [1.29, 1.82) is 0 Å². The molecule has 1 atom stereocenters. The van der Waals surface area contributed by atoms with E-state index in [9.17, 15) is 0 Å². The topological polar surface area (TPSA) is 49.7 Å². The van der Waals surface area contributed by atoms with Gasteiger partial charge in [-0.1, -0.05) is 19.3 Å². The minimum atomic E-state index is 0.595. The van der Waals surface area contributed by atoms with Gasteiger partial charge in [0.15, 0.2) is 0 Å². The molecule has 124 valence electrons. The molecule has 1 saturated carbocycles. The predicted octanol–water partition coefficient (Wildman–Crippen LogP) is 3.49. The second-order valence-corrected chi connectivity index (χ2v) is 7.17. The molecule has 0 unspecified atom stereocenters. The number of aromatic nitrogens is 4. The summed E-state index contributed by atoms with van der Waals surface area (Å²) in [5.74, 6) is 0.595. The molecule has 23 heavy (non-hydrogen) atoms. The number of aromatic amines is 1. The molecule has 4 rings (SSSR count). The highest BCUT2D eigenvalue weighted by atomic mass is 15.2. The second-order valence-electron chi connectivity index (χ2n) is 7.17. The van der Waals surface area contributed by atoms with Crippen molar-refractivity contribution in [1.82, 2.24) is 24.6 Å². The molecule has 2 fully saturated rings. The van der Waals surface area contributed by atoms with Gasteiger partial charge in [0.1, 0.15) is 0 Å². The van der Waals surface area contributed by atoms with Crippen LogP contribution in [0.4, 0.5) is 0 Å². The molecule has 2 aromatic rings. The van der Waals surface area contributed by atoms with Crippen molar-refractivity contribution < 1.29 is 0 Å². The second kappa shape index (κ2) is 6.87. The van der Waals surface area contributed by atoms with Gasteiger partial charge in [0.2, 0.25) is 0 Å². The number of nitrogens with one attached hydrogen (secondary N) is 1. The van der Waals surface area contributed by atoms with Gasteiger partial charge in [0, 0.05) is 43.1 Å². The van der Waals surface area contributed by atoms with E-state index in [1.165, 1.54) is 62.9 Å². The van der Waals surface area contributed by atoms with Crippen LogP contribution >= 0.6 is 0 Å². The van der Waals surface area contributed by atoms with Gasteiger partial charge in [-0.15, -0.1) is 0 Å². The molecule has 0 amide bonds. The number of piperidine rings is 1. The van der Waals surface area contributed by atoms with Crippen molar-refractivity contribution in [3.05, 3.63) is 36.2 Å². The van der Waals surface area contributed by atoms with E-state index >= 15 is 0 Å². The van der Waals surface area contributed by atoms with Crippen LogP contribution in [0.15, 0.2) is 24.8 Å². The first-order valence-electron chi connectivity index (χ1n) is 9.12. The predicted molar refractivity (Wildman–Crippen MR) is 90.2 cm³/mol. The van der Waals surface area contributed by atoms with Gasteiger partial charge in [-0.05, 0) is 38.3 Å². The van der Waals surface area contributed by atoms with Gasteiger partial charge < -0.3 is 4.57 Å². The van der Waals surface area contributed by atoms with Crippen LogP contribution in [0.3, 0.4) is 0 Å². The Labute approximate surface area is 138 Å². The summed E-state index contributed by atoms with van der Waals surface area (Å²) in [6.07, 6.45) is 15.3. The highest BCUT2D eigenvalue weighted by Gasteiger charge is 2.24. The molecule has 1 aliphatic carbocycles. The molecule has 0 spiro atoms. The van der Waals surface area contributed by atoms with Crippen molar-refractivity contribution in [2.24, 2.45) is 0 Å². The van der Waals surface area contributed by atoms with E-state index in [1.807, 2.05) is 6.20 Å². The fourth-order valence-corrected chi connectivity index (χ4v) is 4.32. The van der Waals surface area contributed by atoms with Gasteiger partial charge in [0.05, 0.1) is 12.0 Å². The van der Waals surface area contributed by atoms with Crippen molar-refractivity contribution in [2.45, 2.75) is 63.5 Å². The Morgan fingerprint density at radius 3 is 2.87 bits per heavy atom. The Morgan fingerprint density at radius 2 is 2.04 bits per heavy atom. The first kappa shape index (κ1) is 14.9. The van der Waals surface area contributed by atoms with Crippen LogP contribution in [0.2, 0.25) is 0 Å². The van der Waals surface area contributed by atoms with Crippen LogP contribution in [0, 0.1) is 0 Å². The van der Waals surface area contributed by atoms with E-state index < -0.39 is 0 Å². The lowest BCUT2D eigenvalue weighted by Crippen LogP contribution is -2.34. The van der Waals surface area contributed by atoms with Crippen molar-refractivity contribution in [3.63, 3.8) is 0 Å². The minimum Gasteiger partial charge on any atom is -0.330 e. The number of nitrogens with zero attached hydrogens (tertiary/aromatic N) is 4. The maximum atomic E-state index is 4.45. The van der Waals surface area contributed by atoms with Crippen LogP contribution in [-0.2, 0) is 6.54 Å². The maximum absolute atomic E-state index is 4.45. The lowest BCUT2D eigenvalue weighted by atomic mass is 9.94. The van der Waals surface area contributed by atoms with Crippen LogP contribution in [-0.4, -0.2) is 37.7 Å². The van der Waals surface area contributed by atoms with Gasteiger partial charge in [-0.2, -0.15) is 5.10 Å². The van der Waals surface area contributed by atoms with E-state index in [0.717, 1.165) is 13.1 Å². The highest BCUT2D eigenvalue weighted by molar-refractivity contribution is 5.08. The van der Waals surface area contributed by atoms with Crippen LogP contribution < -0.4 is 0 Å². The zero-order valence-corrected chi connectivity index (χ0v) is 13.8. The van der Waals surface area contributed by atoms with Crippen LogP contribution in [0.1, 0.15) is 68.3 Å². The van der Waals surface area contributed by atoms with E-state index in [0.29, 0.717) is 12.0 Å². The molecule has 0 aromatic carbocycles. The number of hydrogen-bond acceptors (Lipinski definition) is 3. The Hall–Kier alpha value is -1.62. The molecule has 5 nitrogen and oxygen atoms in total. The fraction of sp³-hybridized carbons (Fsp3) is 0.667. The van der Waals surface area contributed by atoms with Crippen molar-refractivity contribution in [3.8, 4) is 0 Å². The molecule has 5 heteroatoms. The number of H-pyrrole nitrogens is 1. The van der Waals surface area contributed by atoms with E-state index in [4.69, 9.17) is 0 Å². The number of likely N-dealkylation sites (tertiary alicyclic amines) is 1. The molecule has 1 aliphatic heterocycles. The Balaban J connectivity index is 1.43. The Morgan fingerprint density at radius 1 is 1.13 bits per heavy atom. The molecule has 0 bridgehead atoms. The Kier molecular flexibility index (Phi) is 4.46. The Bertz CT molecular complexity index is 597. The van der Waals surface area contributed by atoms with E-state index in [1.54, 1.807) is 0 Å². The van der Waals surface area contributed by atoms with Crippen molar-refractivity contribution >= 4 is 0 Å². The molecule has 3 heterocycles. The summed E-state index contributed by atoms with van der Waals surface area (Å²) in [5, 5.41) is 7.27. The molecular weight excluding hydrogens is 286 g/mol. The summed E-state index contributed by atoms with van der Waals surface area (Å²) >= 11 is 0. The number of imidazole rings is 1. The fourth-order valence-electron chi connectivity index (χ4n) is 4.32. The summed E-state index contributed by atoms with van der Waals surface area (Å²) < 4.78 is 2.46. The third-order valence-corrected chi connectivity index (χ3v) is 5.57. The molecule has 1 saturated heterocycles.